The lowest BCUT2D eigenvalue weighted by atomic mass is 10.1. The van der Waals surface area contributed by atoms with Crippen molar-refractivity contribution in [3.63, 3.8) is 0 Å². The van der Waals surface area contributed by atoms with Crippen molar-refractivity contribution in [1.82, 2.24) is 4.72 Å². The first kappa shape index (κ1) is 15.2. The Morgan fingerprint density at radius 1 is 1.11 bits per heavy atom. The summed E-state index contributed by atoms with van der Waals surface area (Å²) < 4.78 is 49.8. The third-order valence-corrected chi connectivity index (χ3v) is 7.85. The minimum atomic E-state index is -3.49. The van der Waals surface area contributed by atoms with E-state index in [1.807, 2.05) is 0 Å². The average Bonchev–Trinajstić information content (AvgIpc) is 2.75. The largest absolute Gasteiger partial charge is 0.396 e. The molecule has 1 heterocycles. The molecule has 1 aliphatic carbocycles. The van der Waals surface area contributed by atoms with Crippen LogP contribution in [0.25, 0.3) is 0 Å². The quantitative estimate of drug-likeness (QED) is 0.739. The number of hydrogen-bond donors (Lipinski definition) is 2. The molecule has 2 N–H and O–H groups in total. The number of sulfone groups is 1. The Hall–Kier alpha value is -0.180. The van der Waals surface area contributed by atoms with Gasteiger partial charge in [0.15, 0.2) is 0 Å². The van der Waals surface area contributed by atoms with Gasteiger partial charge in [-0.2, -0.15) is 0 Å². The molecule has 19 heavy (non-hydrogen) atoms. The van der Waals surface area contributed by atoms with Gasteiger partial charge < -0.3 is 5.11 Å². The topological polar surface area (TPSA) is 101 Å². The second-order valence-corrected chi connectivity index (χ2v) is 9.79. The molecule has 112 valence electrons. The zero-order chi connectivity index (χ0) is 14.1. The average molecular weight is 311 g/mol. The van der Waals surface area contributed by atoms with Crippen LogP contribution in [-0.2, 0) is 19.9 Å². The summed E-state index contributed by atoms with van der Waals surface area (Å²) in [5.41, 5.74) is 0. The molecule has 2 atom stereocenters. The van der Waals surface area contributed by atoms with E-state index < -0.39 is 25.1 Å². The Morgan fingerprint density at radius 3 is 2.32 bits per heavy atom. The lowest BCUT2D eigenvalue weighted by Gasteiger charge is -2.26. The van der Waals surface area contributed by atoms with Crippen LogP contribution in [0.5, 0.6) is 0 Å². The van der Waals surface area contributed by atoms with Crippen molar-refractivity contribution in [1.29, 1.82) is 0 Å². The Kier molecular flexibility index (Phi) is 4.54. The van der Waals surface area contributed by atoms with Crippen LogP contribution in [-0.4, -0.2) is 51.3 Å². The molecule has 2 rings (SSSR count). The van der Waals surface area contributed by atoms with Gasteiger partial charge in [-0.3, -0.25) is 0 Å². The number of rotatable bonds is 4. The number of aliphatic hydroxyl groups excluding tert-OH is 1. The molecule has 0 bridgehead atoms. The Balaban J connectivity index is 1.99. The van der Waals surface area contributed by atoms with Crippen molar-refractivity contribution >= 4 is 19.9 Å². The summed E-state index contributed by atoms with van der Waals surface area (Å²) in [5.74, 6) is -0.110. The molecule has 2 fully saturated rings. The summed E-state index contributed by atoms with van der Waals surface area (Å²) in [6, 6.07) is -0.200. The van der Waals surface area contributed by atoms with Crippen LogP contribution in [0, 0.1) is 5.92 Å². The zero-order valence-electron chi connectivity index (χ0n) is 10.8. The van der Waals surface area contributed by atoms with E-state index in [-0.39, 0.29) is 42.9 Å². The molecule has 1 saturated carbocycles. The maximum absolute atomic E-state index is 12.2. The molecular formula is C11H21NO5S2. The summed E-state index contributed by atoms with van der Waals surface area (Å²) in [7, 11) is -6.54. The van der Waals surface area contributed by atoms with Crippen molar-refractivity contribution in [2.24, 2.45) is 5.92 Å². The molecule has 6 nitrogen and oxygen atoms in total. The molecule has 0 aromatic carbocycles. The van der Waals surface area contributed by atoms with Gasteiger partial charge in [0, 0.05) is 12.6 Å². The van der Waals surface area contributed by atoms with E-state index in [0.717, 1.165) is 19.3 Å². The normalized spacial score (nSPS) is 32.5. The molecule has 1 saturated heterocycles. The summed E-state index contributed by atoms with van der Waals surface area (Å²) in [5, 5.41) is 8.58. The first-order chi connectivity index (χ1) is 8.84. The Labute approximate surface area is 114 Å². The standard InChI is InChI=1S/C11H21NO5S2/c13-8-9-2-1-3-11(9)12-19(16,17)10-4-6-18(14,15)7-5-10/h9-13H,1-8H2. The van der Waals surface area contributed by atoms with Crippen LogP contribution < -0.4 is 4.72 Å². The third kappa shape index (κ3) is 3.68. The molecule has 0 radical (unpaired) electrons. The van der Waals surface area contributed by atoms with E-state index in [9.17, 15) is 21.9 Å². The van der Waals surface area contributed by atoms with E-state index in [2.05, 4.69) is 4.72 Å². The van der Waals surface area contributed by atoms with Crippen LogP contribution in [0.15, 0.2) is 0 Å². The van der Waals surface area contributed by atoms with Crippen molar-refractivity contribution in [3.05, 3.63) is 0 Å². The predicted molar refractivity (Wildman–Crippen MR) is 71.9 cm³/mol. The lowest BCUT2D eigenvalue weighted by molar-refractivity contribution is 0.213. The summed E-state index contributed by atoms with van der Waals surface area (Å²) in [6.45, 7) is -0.00771. The van der Waals surface area contributed by atoms with E-state index in [1.165, 1.54) is 0 Å². The smallest absolute Gasteiger partial charge is 0.214 e. The Bertz CT molecular complexity index is 499. The SMILES string of the molecule is O=S1(=O)CCC(S(=O)(=O)NC2CCCC2CO)CC1. The number of nitrogens with one attached hydrogen (secondary N) is 1. The maximum Gasteiger partial charge on any atom is 0.214 e. The van der Waals surface area contributed by atoms with E-state index in [1.54, 1.807) is 0 Å². The first-order valence-corrected chi connectivity index (χ1v) is 10.0. The molecule has 2 aliphatic rings. The Morgan fingerprint density at radius 2 is 1.74 bits per heavy atom. The molecule has 0 aromatic heterocycles. The van der Waals surface area contributed by atoms with Crippen molar-refractivity contribution in [2.45, 2.75) is 43.4 Å². The molecule has 0 amide bonds. The fourth-order valence-electron chi connectivity index (χ4n) is 2.90. The zero-order valence-corrected chi connectivity index (χ0v) is 12.4. The molecule has 0 spiro atoms. The van der Waals surface area contributed by atoms with Gasteiger partial charge in [0.05, 0.1) is 16.8 Å². The lowest BCUT2D eigenvalue weighted by Crippen LogP contribution is -2.45. The van der Waals surface area contributed by atoms with Gasteiger partial charge in [-0.1, -0.05) is 6.42 Å². The first-order valence-electron chi connectivity index (χ1n) is 6.66. The van der Waals surface area contributed by atoms with E-state index in [0.29, 0.717) is 0 Å². The van der Waals surface area contributed by atoms with Crippen LogP contribution in [0.1, 0.15) is 32.1 Å². The van der Waals surface area contributed by atoms with Gasteiger partial charge in [0.1, 0.15) is 9.84 Å². The number of hydrogen-bond acceptors (Lipinski definition) is 5. The van der Waals surface area contributed by atoms with Crippen LogP contribution in [0.4, 0.5) is 0 Å². The van der Waals surface area contributed by atoms with Gasteiger partial charge in [0.25, 0.3) is 0 Å². The highest BCUT2D eigenvalue weighted by atomic mass is 32.2. The van der Waals surface area contributed by atoms with Crippen LogP contribution in [0.2, 0.25) is 0 Å². The second kappa shape index (κ2) is 5.67. The van der Waals surface area contributed by atoms with E-state index in [4.69, 9.17) is 0 Å². The fourth-order valence-corrected chi connectivity index (χ4v) is 6.47. The maximum atomic E-state index is 12.2. The van der Waals surface area contributed by atoms with E-state index >= 15 is 0 Å². The molecule has 0 aromatic rings. The molecule has 8 heteroatoms. The minimum absolute atomic E-state index is 0.00771. The highest BCUT2D eigenvalue weighted by molar-refractivity contribution is 7.92. The van der Waals surface area contributed by atoms with Crippen LogP contribution in [0.3, 0.4) is 0 Å². The predicted octanol–water partition coefficient (Wildman–Crippen LogP) is -0.356. The number of aliphatic hydroxyl groups is 1. The molecule has 1 aliphatic heterocycles. The second-order valence-electron chi connectivity index (χ2n) is 5.49. The van der Waals surface area contributed by atoms with Gasteiger partial charge >= 0.3 is 0 Å². The molecular weight excluding hydrogens is 290 g/mol. The third-order valence-electron chi connectivity index (χ3n) is 4.15. The van der Waals surface area contributed by atoms with Crippen molar-refractivity contribution in [3.8, 4) is 0 Å². The van der Waals surface area contributed by atoms with Crippen molar-refractivity contribution < 1.29 is 21.9 Å². The highest BCUT2D eigenvalue weighted by Crippen LogP contribution is 2.27. The molecule has 2 unspecified atom stereocenters. The van der Waals surface area contributed by atoms with Gasteiger partial charge in [-0.05, 0) is 31.6 Å². The summed E-state index contributed by atoms with van der Waals surface area (Å²) >= 11 is 0. The summed E-state index contributed by atoms with van der Waals surface area (Å²) in [6.07, 6.45) is 2.85. The van der Waals surface area contributed by atoms with Gasteiger partial charge in [-0.15, -0.1) is 0 Å². The summed E-state index contributed by atoms with van der Waals surface area (Å²) in [4.78, 5) is 0. The fraction of sp³-hybridized carbons (Fsp3) is 1.00. The number of sulfonamides is 1. The monoisotopic (exact) mass is 311 g/mol. The van der Waals surface area contributed by atoms with Gasteiger partial charge in [-0.25, -0.2) is 21.6 Å². The minimum Gasteiger partial charge on any atom is -0.396 e. The van der Waals surface area contributed by atoms with Crippen molar-refractivity contribution in [2.75, 3.05) is 18.1 Å². The van der Waals surface area contributed by atoms with Gasteiger partial charge in [0.2, 0.25) is 10.0 Å². The highest BCUT2D eigenvalue weighted by Gasteiger charge is 2.36. The van der Waals surface area contributed by atoms with Crippen LogP contribution >= 0.6 is 0 Å².